The minimum Gasteiger partial charge on any atom is -0.310 e. The highest BCUT2D eigenvalue weighted by atomic mass is 35.5. The summed E-state index contributed by atoms with van der Waals surface area (Å²) in [6, 6.07) is 0. The van der Waals surface area contributed by atoms with Crippen molar-refractivity contribution in [2.45, 2.75) is 77.2 Å². The molecule has 1 aliphatic carbocycles. The summed E-state index contributed by atoms with van der Waals surface area (Å²) in [4.78, 5) is 0. The molecule has 1 aliphatic rings. The van der Waals surface area contributed by atoms with Gasteiger partial charge in [-0.15, -0.1) is 11.6 Å². The molecule has 1 fully saturated rings. The fourth-order valence-electron chi connectivity index (χ4n) is 2.75. The van der Waals surface area contributed by atoms with Crippen molar-refractivity contribution in [3.63, 3.8) is 0 Å². The van der Waals surface area contributed by atoms with Crippen molar-refractivity contribution in [2.24, 2.45) is 5.92 Å². The molecule has 0 aliphatic heterocycles. The summed E-state index contributed by atoms with van der Waals surface area (Å²) in [6.45, 7) is 5.79. The molecule has 1 saturated carbocycles. The van der Waals surface area contributed by atoms with E-state index < -0.39 is 0 Å². The van der Waals surface area contributed by atoms with Crippen LogP contribution in [0.1, 0.15) is 71.6 Å². The Bertz CT molecular complexity index is 185. The first-order valence-corrected chi connectivity index (χ1v) is 8.07. The Morgan fingerprint density at radius 1 is 1.12 bits per heavy atom. The molecule has 0 saturated heterocycles. The monoisotopic (exact) mass is 259 g/mol. The van der Waals surface area contributed by atoms with Crippen LogP contribution in [0.25, 0.3) is 0 Å². The molecule has 0 spiro atoms. The maximum atomic E-state index is 6.18. The van der Waals surface area contributed by atoms with Gasteiger partial charge in [0.15, 0.2) is 0 Å². The van der Waals surface area contributed by atoms with Crippen LogP contribution in [-0.4, -0.2) is 18.0 Å². The van der Waals surface area contributed by atoms with Crippen molar-refractivity contribution in [3.8, 4) is 0 Å². The van der Waals surface area contributed by atoms with E-state index in [0.29, 0.717) is 0 Å². The van der Waals surface area contributed by atoms with Gasteiger partial charge in [-0.1, -0.05) is 39.5 Å². The van der Waals surface area contributed by atoms with Crippen molar-refractivity contribution in [2.75, 3.05) is 12.4 Å². The maximum Gasteiger partial charge on any atom is 0.0406 e. The first-order chi connectivity index (χ1) is 8.22. The minimum absolute atomic E-state index is 0.263. The zero-order valence-corrected chi connectivity index (χ0v) is 12.5. The zero-order chi connectivity index (χ0) is 12.6. The summed E-state index contributed by atoms with van der Waals surface area (Å²) < 4.78 is 0. The molecule has 1 rings (SSSR count). The fraction of sp³-hybridized carbons (Fsp3) is 1.00. The van der Waals surface area contributed by atoms with Crippen molar-refractivity contribution in [3.05, 3.63) is 0 Å². The summed E-state index contributed by atoms with van der Waals surface area (Å²) in [5.41, 5.74) is 0.263. The summed E-state index contributed by atoms with van der Waals surface area (Å²) in [7, 11) is 0. The van der Waals surface area contributed by atoms with E-state index >= 15 is 0 Å². The van der Waals surface area contributed by atoms with Gasteiger partial charge in [0.05, 0.1) is 0 Å². The largest absolute Gasteiger partial charge is 0.310 e. The van der Waals surface area contributed by atoms with Gasteiger partial charge in [0.1, 0.15) is 0 Å². The van der Waals surface area contributed by atoms with Crippen LogP contribution in [0, 0.1) is 5.92 Å². The maximum absolute atomic E-state index is 6.18. The van der Waals surface area contributed by atoms with Crippen LogP contribution >= 0.6 is 11.6 Å². The lowest BCUT2D eigenvalue weighted by Gasteiger charge is -2.39. The van der Waals surface area contributed by atoms with E-state index in [9.17, 15) is 0 Å². The lowest BCUT2D eigenvalue weighted by Crippen LogP contribution is -2.49. The van der Waals surface area contributed by atoms with E-state index in [1.165, 1.54) is 57.8 Å². The van der Waals surface area contributed by atoms with Crippen LogP contribution in [0.2, 0.25) is 0 Å². The Labute approximate surface area is 113 Å². The molecule has 17 heavy (non-hydrogen) atoms. The van der Waals surface area contributed by atoms with E-state index in [-0.39, 0.29) is 5.54 Å². The first-order valence-electron chi connectivity index (χ1n) is 7.53. The second-order valence-corrected chi connectivity index (χ2v) is 6.20. The molecule has 0 heterocycles. The van der Waals surface area contributed by atoms with E-state index in [1.807, 2.05) is 0 Å². The molecule has 2 heteroatoms. The van der Waals surface area contributed by atoms with E-state index in [0.717, 1.165) is 18.3 Å². The minimum atomic E-state index is 0.263. The van der Waals surface area contributed by atoms with Crippen molar-refractivity contribution < 1.29 is 0 Å². The van der Waals surface area contributed by atoms with Gasteiger partial charge < -0.3 is 5.32 Å². The average Bonchev–Trinajstić information content (AvgIpc) is 2.36. The van der Waals surface area contributed by atoms with E-state index in [1.54, 1.807) is 0 Å². The van der Waals surface area contributed by atoms with Gasteiger partial charge in [-0.3, -0.25) is 0 Å². The van der Waals surface area contributed by atoms with Crippen molar-refractivity contribution >= 4 is 11.6 Å². The van der Waals surface area contributed by atoms with Gasteiger partial charge in [-0.2, -0.15) is 0 Å². The third-order valence-electron chi connectivity index (χ3n) is 4.27. The normalized spacial score (nSPS) is 29.5. The molecule has 0 bridgehead atoms. The molecule has 0 amide bonds. The number of nitrogens with one attached hydrogen (secondary N) is 1. The molecule has 1 nitrogen and oxygen atoms in total. The van der Waals surface area contributed by atoms with Gasteiger partial charge in [-0.25, -0.2) is 0 Å². The molecule has 1 N–H and O–H groups in total. The Balaban J connectivity index is 2.14. The number of hydrogen-bond acceptors (Lipinski definition) is 1. The highest BCUT2D eigenvalue weighted by Gasteiger charge is 2.32. The number of halogens is 1. The van der Waals surface area contributed by atoms with Gasteiger partial charge >= 0.3 is 0 Å². The third-order valence-corrected chi connectivity index (χ3v) is 4.78. The zero-order valence-electron chi connectivity index (χ0n) is 11.7. The molecular weight excluding hydrogens is 230 g/mol. The predicted octanol–water partition coefficient (Wildman–Crippen LogP) is 4.73. The van der Waals surface area contributed by atoms with Gasteiger partial charge in [0.2, 0.25) is 0 Å². The highest BCUT2D eigenvalue weighted by Crippen LogP contribution is 2.32. The molecule has 0 unspecified atom stereocenters. The van der Waals surface area contributed by atoms with Crippen molar-refractivity contribution in [1.29, 1.82) is 0 Å². The lowest BCUT2D eigenvalue weighted by molar-refractivity contribution is 0.217. The fourth-order valence-corrected chi connectivity index (χ4v) is 3.12. The summed E-state index contributed by atoms with van der Waals surface area (Å²) in [6.07, 6.45) is 12.0. The quantitative estimate of drug-likeness (QED) is 0.491. The number of hydrogen-bond donors (Lipinski definition) is 1. The van der Waals surface area contributed by atoms with E-state index in [2.05, 4.69) is 19.2 Å². The predicted molar refractivity (Wildman–Crippen MR) is 77.8 cm³/mol. The van der Waals surface area contributed by atoms with Crippen LogP contribution in [0.3, 0.4) is 0 Å². The topological polar surface area (TPSA) is 12.0 Å². The van der Waals surface area contributed by atoms with E-state index in [4.69, 9.17) is 11.6 Å². The first kappa shape index (κ1) is 15.3. The van der Waals surface area contributed by atoms with Gasteiger partial charge in [0.25, 0.3) is 0 Å². The molecule has 0 aromatic rings. The Morgan fingerprint density at radius 2 is 1.76 bits per heavy atom. The third kappa shape index (κ3) is 5.61. The molecule has 102 valence electrons. The number of unbranched alkanes of at least 4 members (excludes halogenated alkanes) is 4. The summed E-state index contributed by atoms with van der Waals surface area (Å²) in [5.74, 6) is 1.69. The average molecular weight is 260 g/mol. The van der Waals surface area contributed by atoms with Crippen molar-refractivity contribution in [1.82, 2.24) is 5.32 Å². The Hall–Kier alpha value is 0.250. The molecular formula is C15H30ClN. The smallest absolute Gasteiger partial charge is 0.0406 e. The second kappa shape index (κ2) is 8.37. The molecule has 0 atom stereocenters. The number of alkyl halides is 1. The van der Waals surface area contributed by atoms with Crippen LogP contribution in [0.15, 0.2) is 0 Å². The molecule has 0 aromatic carbocycles. The standard InChI is InChI=1S/C15H30ClN/c1-3-4-5-6-7-12-17-15(13-16)10-8-14(2)9-11-15/h14,17H,3-13H2,1-2H3. The number of rotatable bonds is 8. The van der Waals surface area contributed by atoms with Crippen LogP contribution in [0.5, 0.6) is 0 Å². The van der Waals surface area contributed by atoms with Crippen LogP contribution < -0.4 is 5.32 Å². The Morgan fingerprint density at radius 3 is 2.35 bits per heavy atom. The second-order valence-electron chi connectivity index (χ2n) is 5.94. The highest BCUT2D eigenvalue weighted by molar-refractivity contribution is 6.18. The van der Waals surface area contributed by atoms with Gasteiger partial charge in [0, 0.05) is 11.4 Å². The van der Waals surface area contributed by atoms with Gasteiger partial charge in [-0.05, 0) is 44.6 Å². The van der Waals surface area contributed by atoms with Crippen LogP contribution in [-0.2, 0) is 0 Å². The molecule has 0 aromatic heterocycles. The SMILES string of the molecule is CCCCCCCNC1(CCl)CCC(C)CC1. The van der Waals surface area contributed by atoms with Crippen LogP contribution in [0.4, 0.5) is 0 Å². The molecule has 0 radical (unpaired) electrons. The Kier molecular flexibility index (Phi) is 7.54. The summed E-state index contributed by atoms with van der Waals surface area (Å²) in [5, 5.41) is 3.75. The lowest BCUT2D eigenvalue weighted by atomic mass is 9.78. The summed E-state index contributed by atoms with van der Waals surface area (Å²) >= 11 is 6.18.